The number of benzene rings is 2. The third-order valence-electron chi connectivity index (χ3n) is 4.24. The molecule has 2 aromatic carbocycles. The van der Waals surface area contributed by atoms with Crippen molar-refractivity contribution < 1.29 is 27.1 Å². The van der Waals surface area contributed by atoms with Gasteiger partial charge in [0.2, 0.25) is 5.91 Å². The van der Waals surface area contributed by atoms with Gasteiger partial charge in [0.15, 0.2) is 0 Å². The maximum absolute atomic E-state index is 13.3. The Morgan fingerprint density at radius 3 is 2.32 bits per heavy atom. The van der Waals surface area contributed by atoms with Crippen LogP contribution in [0.4, 0.5) is 14.5 Å². The molecular weight excluding hydrogens is 392 g/mol. The highest BCUT2D eigenvalue weighted by Gasteiger charge is 2.28. The summed E-state index contributed by atoms with van der Waals surface area (Å²) in [7, 11) is 0. The van der Waals surface area contributed by atoms with Gasteiger partial charge >= 0.3 is 0 Å². The van der Waals surface area contributed by atoms with Crippen molar-refractivity contribution in [1.82, 2.24) is 9.80 Å². The van der Waals surface area contributed by atoms with Gasteiger partial charge in [-0.2, -0.15) is 0 Å². The van der Waals surface area contributed by atoms with Gasteiger partial charge in [-0.05, 0) is 42.0 Å². The number of piperazine rings is 1. The van der Waals surface area contributed by atoms with E-state index in [1.165, 1.54) is 46.2 Å². The number of nitrogens with one attached hydrogen (secondary N) is 1. The summed E-state index contributed by atoms with van der Waals surface area (Å²) in [5, 5.41) is 0. The van der Waals surface area contributed by atoms with Crippen molar-refractivity contribution in [3.8, 4) is 0 Å². The average Bonchev–Trinajstić information content (AvgIpc) is 2.62. The van der Waals surface area contributed by atoms with Gasteiger partial charge in [-0.25, -0.2) is 13.0 Å². The Balaban J connectivity index is 1.62. The van der Waals surface area contributed by atoms with Crippen LogP contribution in [0.3, 0.4) is 0 Å². The van der Waals surface area contributed by atoms with Gasteiger partial charge in [0.1, 0.15) is 18.2 Å². The minimum absolute atomic E-state index is 0.0637. The van der Waals surface area contributed by atoms with Crippen molar-refractivity contribution in [1.29, 1.82) is 0 Å². The molecule has 10 heteroatoms. The van der Waals surface area contributed by atoms with Crippen LogP contribution >= 0.6 is 0 Å². The number of hydrogen-bond donors (Lipinski definition) is 2. The molecule has 1 fully saturated rings. The summed E-state index contributed by atoms with van der Waals surface area (Å²) in [6.45, 7) is 0.445. The van der Waals surface area contributed by atoms with Crippen LogP contribution in [0.2, 0.25) is 0 Å². The van der Waals surface area contributed by atoms with Crippen LogP contribution in [0, 0.1) is 11.6 Å². The fourth-order valence-electron chi connectivity index (χ4n) is 2.94. The molecule has 7 nitrogen and oxygen atoms in total. The number of carbonyl (C=O) groups excluding carboxylic acids is 2. The molecule has 1 aliphatic rings. The Bertz CT molecular complexity index is 903. The average molecular weight is 409 g/mol. The minimum Gasteiger partial charge on any atom is -0.335 e. The first-order valence-electron chi connectivity index (χ1n) is 8.31. The first-order valence-corrected chi connectivity index (χ1v) is 9.42. The Morgan fingerprint density at radius 2 is 1.75 bits per heavy atom. The zero-order chi connectivity index (χ0) is 20.3. The number of amides is 2. The van der Waals surface area contributed by atoms with Crippen molar-refractivity contribution in [2.45, 2.75) is 6.54 Å². The highest BCUT2D eigenvalue weighted by molar-refractivity contribution is 7.80. The summed E-state index contributed by atoms with van der Waals surface area (Å²) in [4.78, 5) is 27.8. The summed E-state index contributed by atoms with van der Waals surface area (Å²) < 4.78 is 48.4. The predicted molar refractivity (Wildman–Crippen MR) is 98.5 cm³/mol. The monoisotopic (exact) mass is 409 g/mol. The highest BCUT2D eigenvalue weighted by atomic mass is 32.2. The van der Waals surface area contributed by atoms with E-state index in [4.69, 9.17) is 4.55 Å². The molecule has 1 unspecified atom stereocenters. The second-order valence-electron chi connectivity index (χ2n) is 6.25. The molecule has 3 rings (SSSR count). The zero-order valence-electron chi connectivity index (χ0n) is 14.6. The maximum atomic E-state index is 13.3. The third-order valence-corrected chi connectivity index (χ3v) is 4.65. The molecule has 1 aliphatic heterocycles. The Morgan fingerprint density at radius 1 is 1.11 bits per heavy atom. The second-order valence-corrected chi connectivity index (χ2v) is 6.95. The molecule has 0 bridgehead atoms. The van der Waals surface area contributed by atoms with Crippen molar-refractivity contribution in [2.24, 2.45) is 0 Å². The van der Waals surface area contributed by atoms with Crippen LogP contribution in [0.1, 0.15) is 15.9 Å². The summed E-state index contributed by atoms with van der Waals surface area (Å²) in [6.07, 6.45) is 0. The Hall–Kier alpha value is -2.85. The van der Waals surface area contributed by atoms with E-state index in [2.05, 4.69) is 4.72 Å². The van der Waals surface area contributed by atoms with E-state index < -0.39 is 22.9 Å². The molecule has 0 aliphatic carbocycles. The molecule has 2 aromatic rings. The van der Waals surface area contributed by atoms with Crippen molar-refractivity contribution >= 4 is 28.8 Å². The second kappa shape index (κ2) is 8.44. The third kappa shape index (κ3) is 4.90. The number of anilines is 1. The fourth-order valence-corrected chi connectivity index (χ4v) is 3.27. The SMILES string of the molecule is O=C1CN(C(=O)c2ccc(NS(=O)O)cc2)CCN1Cc1cc(F)cc(F)c1. The van der Waals surface area contributed by atoms with E-state index in [9.17, 15) is 22.6 Å². The van der Waals surface area contributed by atoms with Gasteiger partial charge in [0.25, 0.3) is 17.2 Å². The van der Waals surface area contributed by atoms with Crippen LogP contribution in [-0.2, 0) is 22.6 Å². The van der Waals surface area contributed by atoms with Crippen LogP contribution in [-0.4, -0.2) is 50.0 Å². The van der Waals surface area contributed by atoms with Crippen LogP contribution in [0.15, 0.2) is 42.5 Å². The molecule has 28 heavy (non-hydrogen) atoms. The molecule has 0 radical (unpaired) electrons. The van der Waals surface area contributed by atoms with E-state index in [1.54, 1.807) is 0 Å². The first-order chi connectivity index (χ1) is 13.3. The van der Waals surface area contributed by atoms with Crippen LogP contribution in [0.25, 0.3) is 0 Å². The first kappa shape index (κ1) is 19.9. The molecular formula is C18H17F2N3O4S. The molecule has 148 valence electrons. The molecule has 2 N–H and O–H groups in total. The smallest absolute Gasteiger partial charge is 0.259 e. The number of hydrogen-bond acceptors (Lipinski definition) is 3. The Kier molecular flexibility index (Phi) is 6.00. The predicted octanol–water partition coefficient (Wildman–Crippen LogP) is 2.00. The van der Waals surface area contributed by atoms with Crippen LogP contribution in [0.5, 0.6) is 0 Å². The highest BCUT2D eigenvalue weighted by Crippen LogP contribution is 2.16. The standard InChI is InChI=1S/C18H17F2N3O4S/c19-14-7-12(8-15(20)9-14)10-22-5-6-23(11-17(22)24)18(25)13-1-3-16(4-2-13)21-28(26)27/h1-4,7-9,21H,5-6,10-11H2,(H,26,27). The van der Waals surface area contributed by atoms with Gasteiger partial charge in [0.05, 0.1) is 0 Å². The summed E-state index contributed by atoms with van der Waals surface area (Å²) >= 11 is -2.21. The summed E-state index contributed by atoms with van der Waals surface area (Å²) in [6, 6.07) is 9.05. The van der Waals surface area contributed by atoms with Gasteiger partial charge < -0.3 is 9.80 Å². The number of rotatable bonds is 5. The quantitative estimate of drug-likeness (QED) is 0.740. The number of halogens is 2. The van der Waals surface area contributed by atoms with E-state index in [0.29, 0.717) is 16.8 Å². The van der Waals surface area contributed by atoms with Gasteiger partial charge in [0, 0.05) is 37.0 Å². The van der Waals surface area contributed by atoms with E-state index in [1.807, 2.05) is 0 Å². The Labute approximate surface area is 162 Å². The van der Waals surface area contributed by atoms with E-state index >= 15 is 0 Å². The van der Waals surface area contributed by atoms with E-state index in [-0.39, 0.29) is 38.0 Å². The van der Waals surface area contributed by atoms with Gasteiger partial charge in [-0.1, -0.05) is 0 Å². The molecule has 0 aromatic heterocycles. The maximum Gasteiger partial charge on any atom is 0.259 e. The zero-order valence-corrected chi connectivity index (χ0v) is 15.4. The lowest BCUT2D eigenvalue weighted by Crippen LogP contribution is -2.51. The van der Waals surface area contributed by atoms with E-state index in [0.717, 1.165) is 6.07 Å². The molecule has 2 amide bonds. The molecule has 1 saturated heterocycles. The topological polar surface area (TPSA) is 90.0 Å². The number of nitrogens with zero attached hydrogens (tertiary/aromatic N) is 2. The normalized spacial score (nSPS) is 15.5. The summed E-state index contributed by atoms with van der Waals surface area (Å²) in [5.41, 5.74) is 1.05. The van der Waals surface area contributed by atoms with Crippen molar-refractivity contribution in [3.63, 3.8) is 0 Å². The minimum atomic E-state index is -2.21. The van der Waals surface area contributed by atoms with Crippen LogP contribution < -0.4 is 4.72 Å². The summed E-state index contributed by atoms with van der Waals surface area (Å²) in [5.74, 6) is -2.09. The molecule has 0 saturated carbocycles. The molecule has 1 atom stereocenters. The fraction of sp³-hybridized carbons (Fsp3) is 0.222. The lowest BCUT2D eigenvalue weighted by Gasteiger charge is -2.34. The molecule has 1 heterocycles. The molecule has 0 spiro atoms. The lowest BCUT2D eigenvalue weighted by atomic mass is 10.1. The lowest BCUT2D eigenvalue weighted by molar-refractivity contribution is -0.135. The van der Waals surface area contributed by atoms with Gasteiger partial charge in [-0.15, -0.1) is 0 Å². The largest absolute Gasteiger partial charge is 0.335 e. The number of carbonyl (C=O) groups is 2. The van der Waals surface area contributed by atoms with Crippen molar-refractivity contribution in [2.75, 3.05) is 24.4 Å². The van der Waals surface area contributed by atoms with Crippen molar-refractivity contribution in [3.05, 3.63) is 65.2 Å². The van der Waals surface area contributed by atoms with Gasteiger partial charge in [-0.3, -0.25) is 18.9 Å².